The Morgan fingerprint density at radius 1 is 1.14 bits per heavy atom. The second kappa shape index (κ2) is 6.71. The molecule has 0 saturated heterocycles. The molecule has 2 bridgehead atoms. The van der Waals surface area contributed by atoms with Crippen LogP contribution in [0.1, 0.15) is 49.1 Å². The monoisotopic (exact) mass is 381 g/mol. The molecule has 1 heterocycles. The second-order valence-electron chi connectivity index (χ2n) is 9.04. The van der Waals surface area contributed by atoms with Crippen molar-refractivity contribution < 1.29 is 9.18 Å². The van der Waals surface area contributed by atoms with E-state index in [1.807, 2.05) is 13.8 Å². The molecule has 1 amide bonds. The number of fused-ring (bicyclic) bond motifs is 5. The van der Waals surface area contributed by atoms with E-state index >= 15 is 0 Å². The smallest absolute Gasteiger partial charge is 0.224 e. The van der Waals surface area contributed by atoms with Gasteiger partial charge in [0.1, 0.15) is 5.82 Å². The van der Waals surface area contributed by atoms with Crippen LogP contribution in [0.15, 0.2) is 24.3 Å². The summed E-state index contributed by atoms with van der Waals surface area (Å²) in [6, 6.07) is 6.66. The predicted octanol–water partition coefficient (Wildman–Crippen LogP) is 4.11. The zero-order valence-electron chi connectivity index (χ0n) is 16.6. The number of aryl methyl sites for hydroxylation is 1. The van der Waals surface area contributed by atoms with Crippen molar-refractivity contribution in [2.75, 3.05) is 0 Å². The number of amides is 1. The normalized spacial score (nSPS) is 30.6. The molecule has 3 aliphatic carbocycles. The minimum absolute atomic E-state index is 0.108. The highest BCUT2D eigenvalue weighted by atomic mass is 19.1. The molecule has 5 heteroatoms. The first-order valence-corrected chi connectivity index (χ1v) is 10.6. The van der Waals surface area contributed by atoms with Gasteiger partial charge in [0, 0.05) is 17.3 Å². The van der Waals surface area contributed by atoms with E-state index in [1.54, 1.807) is 16.8 Å². The van der Waals surface area contributed by atoms with Gasteiger partial charge in [-0.1, -0.05) is 6.42 Å². The van der Waals surface area contributed by atoms with E-state index in [4.69, 9.17) is 0 Å². The van der Waals surface area contributed by atoms with Crippen LogP contribution in [0.2, 0.25) is 0 Å². The van der Waals surface area contributed by atoms with Crippen LogP contribution in [0.5, 0.6) is 0 Å². The lowest BCUT2D eigenvalue weighted by Gasteiger charge is -2.32. The second-order valence-corrected chi connectivity index (χ2v) is 9.04. The number of carbonyl (C=O) groups is 1. The SMILES string of the molecule is Cc1nn(-c2ccc(F)cc2)c(C)c1CC(=O)N[C@@H]1C[C@H]2C[C@H]1[C@H]1CCC[C@H]21. The molecule has 148 valence electrons. The first-order valence-electron chi connectivity index (χ1n) is 10.6. The van der Waals surface area contributed by atoms with Crippen LogP contribution in [-0.4, -0.2) is 21.7 Å². The summed E-state index contributed by atoms with van der Waals surface area (Å²) < 4.78 is 15.0. The highest BCUT2D eigenvalue weighted by Crippen LogP contribution is 2.58. The van der Waals surface area contributed by atoms with Crippen molar-refractivity contribution in [1.82, 2.24) is 15.1 Å². The Balaban J connectivity index is 1.29. The zero-order valence-corrected chi connectivity index (χ0v) is 16.6. The molecule has 0 spiro atoms. The molecule has 5 atom stereocenters. The summed E-state index contributed by atoms with van der Waals surface area (Å²) in [5, 5.41) is 7.95. The first-order chi connectivity index (χ1) is 13.5. The topological polar surface area (TPSA) is 46.9 Å². The summed E-state index contributed by atoms with van der Waals surface area (Å²) in [5.41, 5.74) is 3.60. The van der Waals surface area contributed by atoms with Crippen molar-refractivity contribution in [3.05, 3.63) is 47.0 Å². The third-order valence-electron chi connectivity index (χ3n) is 7.62. The van der Waals surface area contributed by atoms with Crippen molar-refractivity contribution in [2.45, 2.75) is 58.4 Å². The Hall–Kier alpha value is -2.17. The Kier molecular flexibility index (Phi) is 4.29. The van der Waals surface area contributed by atoms with Crippen molar-refractivity contribution in [3.63, 3.8) is 0 Å². The maximum Gasteiger partial charge on any atom is 0.224 e. The van der Waals surface area contributed by atoms with Gasteiger partial charge in [0.2, 0.25) is 5.91 Å². The molecule has 3 saturated carbocycles. The molecule has 1 aromatic carbocycles. The van der Waals surface area contributed by atoms with E-state index in [2.05, 4.69) is 10.4 Å². The van der Waals surface area contributed by atoms with Gasteiger partial charge in [-0.25, -0.2) is 9.07 Å². The average molecular weight is 381 g/mol. The Morgan fingerprint density at radius 2 is 1.89 bits per heavy atom. The van der Waals surface area contributed by atoms with Crippen LogP contribution in [0.3, 0.4) is 0 Å². The number of nitrogens with zero attached hydrogens (tertiary/aromatic N) is 2. The number of halogens is 1. The fourth-order valence-electron chi connectivity index (χ4n) is 6.42. The van der Waals surface area contributed by atoms with Gasteiger partial charge in [0.05, 0.1) is 17.8 Å². The van der Waals surface area contributed by atoms with Crippen molar-refractivity contribution in [1.29, 1.82) is 0 Å². The maximum atomic E-state index is 13.2. The van der Waals surface area contributed by atoms with Crippen LogP contribution >= 0.6 is 0 Å². The largest absolute Gasteiger partial charge is 0.353 e. The first kappa shape index (κ1) is 17.9. The Morgan fingerprint density at radius 3 is 2.68 bits per heavy atom. The van der Waals surface area contributed by atoms with E-state index < -0.39 is 0 Å². The lowest BCUT2D eigenvalue weighted by molar-refractivity contribution is -0.121. The molecule has 4 nitrogen and oxygen atoms in total. The number of benzene rings is 1. The lowest BCUT2D eigenvalue weighted by Crippen LogP contribution is -2.43. The van der Waals surface area contributed by atoms with Gasteiger partial charge in [0.25, 0.3) is 0 Å². The third kappa shape index (κ3) is 2.87. The number of hydrogen-bond donors (Lipinski definition) is 1. The third-order valence-corrected chi connectivity index (χ3v) is 7.62. The van der Waals surface area contributed by atoms with E-state index in [0.717, 1.165) is 40.4 Å². The minimum Gasteiger partial charge on any atom is -0.353 e. The van der Waals surface area contributed by atoms with E-state index in [0.29, 0.717) is 18.4 Å². The standard InChI is InChI=1S/C23H28FN3O/c1-13-20(14(2)27(26-13)17-8-6-16(24)7-9-17)12-23(28)25-22-11-15-10-21(22)19-5-3-4-18(15)19/h6-9,15,18-19,21-22H,3-5,10-12H2,1-2H3,(H,25,28)/t15-,18-,19+,21+,22-/m1/s1. The number of carbonyl (C=O) groups excluding carboxylic acids is 1. The Labute approximate surface area is 165 Å². The number of aromatic nitrogens is 2. The van der Waals surface area contributed by atoms with Gasteiger partial charge in [-0.3, -0.25) is 4.79 Å². The van der Waals surface area contributed by atoms with Gasteiger partial charge in [0.15, 0.2) is 0 Å². The molecule has 0 radical (unpaired) electrons. The molecule has 5 rings (SSSR count). The van der Waals surface area contributed by atoms with Gasteiger partial charge in [-0.05, 0) is 87.5 Å². The molecule has 3 aliphatic rings. The summed E-state index contributed by atoms with van der Waals surface area (Å²) in [6.07, 6.45) is 7.00. The van der Waals surface area contributed by atoms with Crippen LogP contribution in [0.25, 0.3) is 5.69 Å². The van der Waals surface area contributed by atoms with E-state index in [9.17, 15) is 9.18 Å². The van der Waals surface area contributed by atoms with E-state index in [1.165, 1.54) is 44.2 Å². The van der Waals surface area contributed by atoms with Crippen LogP contribution in [-0.2, 0) is 11.2 Å². The lowest BCUT2D eigenvalue weighted by atomic mass is 9.79. The molecular formula is C23H28FN3O. The molecule has 0 aliphatic heterocycles. The fraction of sp³-hybridized carbons (Fsp3) is 0.565. The number of nitrogens with one attached hydrogen (secondary N) is 1. The zero-order chi connectivity index (χ0) is 19.4. The summed E-state index contributed by atoms with van der Waals surface area (Å²) in [4.78, 5) is 12.8. The van der Waals surface area contributed by atoms with Gasteiger partial charge < -0.3 is 5.32 Å². The molecule has 28 heavy (non-hydrogen) atoms. The summed E-state index contributed by atoms with van der Waals surface area (Å²) in [7, 11) is 0. The highest BCUT2D eigenvalue weighted by Gasteiger charge is 2.53. The number of rotatable bonds is 4. The highest BCUT2D eigenvalue weighted by molar-refractivity contribution is 5.79. The molecule has 2 aromatic rings. The van der Waals surface area contributed by atoms with Gasteiger partial charge in [-0.15, -0.1) is 0 Å². The molecule has 3 fully saturated rings. The summed E-state index contributed by atoms with van der Waals surface area (Å²) in [6.45, 7) is 3.92. The van der Waals surface area contributed by atoms with Gasteiger partial charge >= 0.3 is 0 Å². The van der Waals surface area contributed by atoms with Crippen molar-refractivity contribution in [3.8, 4) is 5.69 Å². The molecule has 1 N–H and O–H groups in total. The average Bonchev–Trinajstić information content (AvgIpc) is 3.41. The quantitative estimate of drug-likeness (QED) is 0.866. The van der Waals surface area contributed by atoms with Gasteiger partial charge in [-0.2, -0.15) is 5.10 Å². The molecule has 0 unspecified atom stereocenters. The summed E-state index contributed by atoms with van der Waals surface area (Å²) >= 11 is 0. The maximum absolute atomic E-state index is 13.2. The Bertz CT molecular complexity index is 903. The van der Waals surface area contributed by atoms with E-state index in [-0.39, 0.29) is 11.7 Å². The van der Waals surface area contributed by atoms with Crippen molar-refractivity contribution >= 4 is 5.91 Å². The molecule has 1 aromatic heterocycles. The van der Waals surface area contributed by atoms with Crippen LogP contribution in [0, 0.1) is 43.3 Å². The minimum atomic E-state index is -0.264. The summed E-state index contributed by atoms with van der Waals surface area (Å²) in [5.74, 6) is 3.18. The molecular weight excluding hydrogens is 353 g/mol. The fourth-order valence-corrected chi connectivity index (χ4v) is 6.42. The van der Waals surface area contributed by atoms with Crippen molar-refractivity contribution in [2.24, 2.45) is 23.7 Å². The van der Waals surface area contributed by atoms with Crippen LogP contribution in [0.4, 0.5) is 4.39 Å². The van der Waals surface area contributed by atoms with Crippen LogP contribution < -0.4 is 5.32 Å². The predicted molar refractivity (Wildman–Crippen MR) is 106 cm³/mol. The number of hydrogen-bond acceptors (Lipinski definition) is 2.